The maximum Gasteiger partial charge on any atom is 0.243 e. The molecule has 2 aromatic rings. The highest BCUT2D eigenvalue weighted by Crippen LogP contribution is 2.23. The maximum atomic E-state index is 13.7. The molecule has 0 heterocycles. The van der Waals surface area contributed by atoms with Crippen molar-refractivity contribution in [3.63, 3.8) is 0 Å². The van der Waals surface area contributed by atoms with Crippen molar-refractivity contribution in [1.29, 1.82) is 0 Å². The summed E-state index contributed by atoms with van der Waals surface area (Å²) in [6, 6.07) is 11.0. The number of halogens is 2. The number of benzene rings is 2. The summed E-state index contributed by atoms with van der Waals surface area (Å²) in [5.41, 5.74) is 0.434. The Balaban J connectivity index is 1.78. The summed E-state index contributed by atoms with van der Waals surface area (Å²) in [7, 11) is -2.37. The van der Waals surface area contributed by atoms with Gasteiger partial charge in [0.2, 0.25) is 15.9 Å². The molecule has 5 nitrogen and oxygen atoms in total. The van der Waals surface area contributed by atoms with Gasteiger partial charge in [-0.05, 0) is 42.7 Å². The van der Waals surface area contributed by atoms with Crippen molar-refractivity contribution < 1.29 is 17.6 Å². The lowest BCUT2D eigenvalue weighted by Gasteiger charge is -2.17. The first-order valence-corrected chi connectivity index (χ1v) is 12.8. The Hall–Kier alpha value is -1.26. The molecule has 2 aromatic carbocycles. The van der Waals surface area contributed by atoms with E-state index in [9.17, 15) is 17.6 Å². The molecule has 158 valence electrons. The lowest BCUT2D eigenvalue weighted by Crippen LogP contribution is -2.39. The Bertz CT molecular complexity index is 920. The second kappa shape index (κ2) is 11.2. The van der Waals surface area contributed by atoms with Crippen LogP contribution in [0.1, 0.15) is 5.56 Å². The molecule has 0 aliphatic carbocycles. The minimum atomic E-state index is -3.74. The monoisotopic (exact) mass is 476 g/mol. The standard InChI is InChI=1S/C19H22ClFN2O3S3/c1-23(29(25,26)15-8-6-14(27-2)7-9-15)12-19(24)22-10-11-28-13-16-17(20)4-3-5-18(16)21/h3-9H,10-13H2,1-2H3,(H,22,24). The van der Waals surface area contributed by atoms with Gasteiger partial charge in [0.15, 0.2) is 0 Å². The molecule has 0 aromatic heterocycles. The topological polar surface area (TPSA) is 66.5 Å². The molecular weight excluding hydrogens is 455 g/mol. The molecule has 0 fully saturated rings. The molecule has 0 spiro atoms. The van der Waals surface area contributed by atoms with Crippen LogP contribution in [0.25, 0.3) is 0 Å². The normalized spacial score (nSPS) is 11.6. The van der Waals surface area contributed by atoms with Crippen LogP contribution in [0.4, 0.5) is 4.39 Å². The van der Waals surface area contributed by atoms with Crippen LogP contribution in [0.15, 0.2) is 52.3 Å². The first-order valence-electron chi connectivity index (χ1n) is 8.63. The summed E-state index contributed by atoms with van der Waals surface area (Å²) in [6.07, 6.45) is 1.91. The first kappa shape index (κ1) is 24.0. The lowest BCUT2D eigenvalue weighted by molar-refractivity contribution is -0.121. The summed E-state index contributed by atoms with van der Waals surface area (Å²) >= 11 is 8.92. The van der Waals surface area contributed by atoms with E-state index >= 15 is 0 Å². The number of nitrogens with one attached hydrogen (secondary N) is 1. The number of hydrogen-bond donors (Lipinski definition) is 1. The number of amides is 1. The average molecular weight is 477 g/mol. The second-order valence-electron chi connectivity index (χ2n) is 6.04. The Morgan fingerprint density at radius 1 is 1.21 bits per heavy atom. The number of thioether (sulfide) groups is 2. The predicted molar refractivity (Wildman–Crippen MR) is 119 cm³/mol. The van der Waals surface area contributed by atoms with Crippen molar-refractivity contribution in [2.75, 3.05) is 32.1 Å². The molecule has 2 rings (SSSR count). The largest absolute Gasteiger partial charge is 0.354 e. The van der Waals surface area contributed by atoms with Crippen LogP contribution < -0.4 is 5.32 Å². The van der Waals surface area contributed by atoms with Gasteiger partial charge < -0.3 is 5.32 Å². The Labute approximate surface area is 184 Å². The third kappa shape index (κ3) is 6.89. The summed E-state index contributed by atoms with van der Waals surface area (Å²) < 4.78 is 39.8. The minimum absolute atomic E-state index is 0.142. The van der Waals surface area contributed by atoms with Gasteiger partial charge in [0.05, 0.1) is 11.4 Å². The lowest BCUT2D eigenvalue weighted by atomic mass is 10.2. The predicted octanol–water partition coefficient (Wildman–Crippen LogP) is 3.87. The van der Waals surface area contributed by atoms with Crippen LogP contribution in [0, 0.1) is 5.82 Å². The molecule has 0 bridgehead atoms. The summed E-state index contributed by atoms with van der Waals surface area (Å²) in [5.74, 6) is 0.179. The second-order valence-corrected chi connectivity index (χ2v) is 10.5. The maximum absolute atomic E-state index is 13.7. The van der Waals surface area contributed by atoms with Crippen molar-refractivity contribution in [2.24, 2.45) is 0 Å². The van der Waals surface area contributed by atoms with E-state index in [1.165, 1.54) is 48.8 Å². The molecule has 0 saturated heterocycles. The van der Waals surface area contributed by atoms with E-state index in [1.54, 1.807) is 24.3 Å². The van der Waals surface area contributed by atoms with Gasteiger partial charge in [0.25, 0.3) is 0 Å². The molecule has 0 saturated carbocycles. The van der Waals surface area contributed by atoms with Crippen LogP contribution in [0.2, 0.25) is 5.02 Å². The van der Waals surface area contributed by atoms with Crippen molar-refractivity contribution in [3.8, 4) is 0 Å². The highest BCUT2D eigenvalue weighted by Gasteiger charge is 2.22. The van der Waals surface area contributed by atoms with Gasteiger partial charge in [-0.2, -0.15) is 16.1 Å². The molecule has 1 N–H and O–H groups in total. The van der Waals surface area contributed by atoms with Crippen molar-refractivity contribution in [2.45, 2.75) is 15.5 Å². The highest BCUT2D eigenvalue weighted by atomic mass is 35.5. The number of likely N-dealkylation sites (N-methyl/N-ethyl adjacent to an activating group) is 1. The van der Waals surface area contributed by atoms with Crippen LogP contribution in [0.3, 0.4) is 0 Å². The van der Waals surface area contributed by atoms with Crippen molar-refractivity contribution in [3.05, 3.63) is 58.9 Å². The number of hydrogen-bond acceptors (Lipinski definition) is 5. The molecule has 0 radical (unpaired) electrons. The van der Waals surface area contributed by atoms with E-state index < -0.39 is 15.9 Å². The summed E-state index contributed by atoms with van der Waals surface area (Å²) in [6.45, 7) is 0.0578. The Morgan fingerprint density at radius 3 is 2.52 bits per heavy atom. The molecule has 29 heavy (non-hydrogen) atoms. The number of carbonyl (C=O) groups excluding carboxylic acids is 1. The third-order valence-electron chi connectivity index (χ3n) is 4.01. The first-order chi connectivity index (χ1) is 13.8. The molecule has 0 unspecified atom stereocenters. The molecule has 0 atom stereocenters. The van der Waals surface area contributed by atoms with Crippen LogP contribution in [0.5, 0.6) is 0 Å². The van der Waals surface area contributed by atoms with Gasteiger partial charge in [-0.25, -0.2) is 12.8 Å². The zero-order valence-corrected chi connectivity index (χ0v) is 19.2. The fraction of sp³-hybridized carbons (Fsp3) is 0.316. The zero-order chi connectivity index (χ0) is 21.4. The molecular formula is C19H22ClFN2O3S3. The molecule has 10 heteroatoms. The Kier molecular flexibility index (Phi) is 9.29. The fourth-order valence-electron chi connectivity index (χ4n) is 2.38. The SMILES string of the molecule is CSc1ccc(S(=O)(=O)N(C)CC(=O)NCCSCc2c(F)cccc2Cl)cc1. The molecule has 0 aliphatic heterocycles. The van der Waals surface area contributed by atoms with Gasteiger partial charge in [0.1, 0.15) is 5.82 Å². The number of rotatable bonds is 10. The van der Waals surface area contributed by atoms with E-state index in [0.29, 0.717) is 28.6 Å². The van der Waals surface area contributed by atoms with Crippen LogP contribution >= 0.6 is 35.1 Å². The molecule has 1 amide bonds. The van der Waals surface area contributed by atoms with Crippen LogP contribution in [-0.4, -0.2) is 50.8 Å². The zero-order valence-electron chi connectivity index (χ0n) is 16.0. The summed E-state index contributed by atoms with van der Waals surface area (Å²) in [4.78, 5) is 13.2. The number of sulfonamides is 1. The third-order valence-corrected chi connectivity index (χ3v) is 7.91. The average Bonchev–Trinajstić information content (AvgIpc) is 2.69. The van der Waals surface area contributed by atoms with Crippen molar-refractivity contribution in [1.82, 2.24) is 9.62 Å². The minimum Gasteiger partial charge on any atom is -0.354 e. The van der Waals surface area contributed by atoms with Gasteiger partial charge in [-0.15, -0.1) is 11.8 Å². The van der Waals surface area contributed by atoms with E-state index in [-0.39, 0.29) is 17.3 Å². The smallest absolute Gasteiger partial charge is 0.243 e. The van der Waals surface area contributed by atoms with Crippen LogP contribution in [-0.2, 0) is 20.6 Å². The molecule has 0 aliphatic rings. The van der Waals surface area contributed by atoms with Gasteiger partial charge in [-0.3, -0.25) is 4.79 Å². The van der Waals surface area contributed by atoms with Crippen molar-refractivity contribution >= 4 is 51.1 Å². The summed E-state index contributed by atoms with van der Waals surface area (Å²) in [5, 5.41) is 3.05. The van der Waals surface area contributed by atoms with E-state index in [1.807, 2.05) is 6.26 Å². The fourth-order valence-corrected chi connectivity index (χ4v) is 5.11. The highest BCUT2D eigenvalue weighted by molar-refractivity contribution is 7.98. The van der Waals surface area contributed by atoms with Gasteiger partial charge in [0, 0.05) is 40.6 Å². The van der Waals surface area contributed by atoms with E-state index in [4.69, 9.17) is 11.6 Å². The quantitative estimate of drug-likeness (QED) is 0.416. The number of nitrogens with zero attached hydrogens (tertiary/aromatic N) is 1. The Morgan fingerprint density at radius 2 is 1.90 bits per heavy atom. The van der Waals surface area contributed by atoms with E-state index in [0.717, 1.165) is 9.20 Å². The van der Waals surface area contributed by atoms with Gasteiger partial charge >= 0.3 is 0 Å². The van der Waals surface area contributed by atoms with E-state index in [2.05, 4.69) is 5.32 Å². The number of carbonyl (C=O) groups is 1. The van der Waals surface area contributed by atoms with Gasteiger partial charge in [-0.1, -0.05) is 17.7 Å².